The fourth-order valence-corrected chi connectivity index (χ4v) is 17.1. The minimum Gasteiger partial charge on any atom is -0.482 e. The molecular formula is C65H84N2O13. The summed E-state index contributed by atoms with van der Waals surface area (Å²) in [5, 5.41) is 92.9. The van der Waals surface area contributed by atoms with Crippen molar-refractivity contribution >= 4 is 5.97 Å². The second-order valence-electron chi connectivity index (χ2n) is 24.8. The number of hydrogen-bond donors (Lipinski definition) is 7. The molecule has 0 unspecified atom stereocenters. The molecule has 0 amide bonds. The number of nitriles is 1. The van der Waals surface area contributed by atoms with Crippen molar-refractivity contribution in [2.75, 3.05) is 26.9 Å². The number of unbranched alkanes of at least 4 members (excludes halogenated alkanes) is 2. The van der Waals surface area contributed by atoms with Gasteiger partial charge in [0.25, 0.3) is 0 Å². The molecule has 7 N–H and O–H groups in total. The van der Waals surface area contributed by atoms with Crippen LogP contribution >= 0.6 is 0 Å². The molecule has 15 nitrogen and oxygen atoms in total. The van der Waals surface area contributed by atoms with E-state index in [2.05, 4.69) is 37.7 Å². The molecule has 5 fully saturated rings. The Balaban J connectivity index is 1.07. The summed E-state index contributed by atoms with van der Waals surface area (Å²) in [6.07, 6.45) is 14.4. The number of allylic oxidation sites excluding steroid dienone is 3. The topological polar surface area (TPSA) is 234 Å². The van der Waals surface area contributed by atoms with Gasteiger partial charge in [0.1, 0.15) is 42.3 Å². The van der Waals surface area contributed by atoms with Gasteiger partial charge < -0.3 is 64.0 Å². The van der Waals surface area contributed by atoms with Gasteiger partial charge >= 0.3 is 5.97 Å². The Hall–Kier alpha value is -5.20. The van der Waals surface area contributed by atoms with Gasteiger partial charge in [0.2, 0.25) is 6.29 Å². The molecule has 1 aromatic heterocycles. The van der Waals surface area contributed by atoms with Crippen molar-refractivity contribution < 1.29 is 64.2 Å². The van der Waals surface area contributed by atoms with Gasteiger partial charge in [-0.3, -0.25) is 0 Å². The Morgan fingerprint density at radius 3 is 2.56 bits per heavy atom. The maximum absolute atomic E-state index is 13.9. The lowest BCUT2D eigenvalue weighted by Gasteiger charge is -2.56. The van der Waals surface area contributed by atoms with Gasteiger partial charge in [0, 0.05) is 51.3 Å². The number of hydrogen-bond acceptors (Lipinski definition) is 13. The number of fused-ring (bicyclic) bond motifs is 7. The van der Waals surface area contributed by atoms with E-state index < -0.39 is 71.4 Å². The number of rotatable bonds is 20. The number of carbonyl (C=O) groups is 1. The van der Waals surface area contributed by atoms with Crippen molar-refractivity contribution in [3.8, 4) is 23.8 Å². The van der Waals surface area contributed by atoms with Crippen LogP contribution in [-0.2, 0) is 31.8 Å². The fraction of sp³-hybridized carbons (Fsp3) is 0.631. The Labute approximate surface area is 471 Å². The lowest BCUT2D eigenvalue weighted by atomic mass is 9.50. The number of aliphatic hydroxyl groups is 6. The van der Waals surface area contributed by atoms with Crippen molar-refractivity contribution in [2.45, 2.75) is 189 Å². The standard InChI is InChI=1S/C65H84N2O13/c1-4-6-7-13-49-33-62(27-24-56-63(75,40-62)34-51-50(23-21-47-12-8-26-64(47,51)56)43-16-18-44(19-17-43)60(73)74)52-35-65(80-49)59(72)57(71)58(55(15-9-29-68)77-30-10-14-54(52)70)79-61(65)78-48-22-20-42(11-5-2)45(32-48)31-46(39-76-3)53(38-69)67-28-25-41(36-66)37-67/h5,16-20,22,25,28,32-33,37,46-47,50-59,61,68-72,75H,2,4,6-9,11-15,21,23-24,26-27,29,31,34-35,38-40H2,1,3H3,(H,73,74)/t46-,47+,50+,51-,52-,53-,54-,55+,56+,57-,58-,59+,61+,62+,63-,64-,65-/m1/s1. The molecule has 11 rings (SSSR count). The summed E-state index contributed by atoms with van der Waals surface area (Å²) in [4.78, 5) is 12.0. The van der Waals surface area contributed by atoms with Crippen molar-refractivity contribution in [2.24, 2.45) is 40.4 Å². The summed E-state index contributed by atoms with van der Waals surface area (Å²) in [6.45, 7) is 6.09. The first-order chi connectivity index (χ1) is 38.7. The summed E-state index contributed by atoms with van der Waals surface area (Å²) < 4.78 is 35.5. The van der Waals surface area contributed by atoms with Gasteiger partial charge in [0.05, 0.1) is 47.8 Å². The maximum atomic E-state index is 13.9. The van der Waals surface area contributed by atoms with Crippen molar-refractivity contribution in [3.63, 3.8) is 0 Å². The van der Waals surface area contributed by atoms with Gasteiger partial charge in [0.15, 0.2) is 5.60 Å². The smallest absolute Gasteiger partial charge is 0.335 e. The number of aromatic carboxylic acids is 1. The molecule has 432 valence electrons. The van der Waals surface area contributed by atoms with E-state index in [1.807, 2.05) is 41.0 Å². The van der Waals surface area contributed by atoms with Crippen LogP contribution in [0.5, 0.6) is 5.75 Å². The minimum atomic E-state index is -1.84. The zero-order valence-corrected chi connectivity index (χ0v) is 46.7. The second-order valence-corrected chi connectivity index (χ2v) is 24.8. The predicted octanol–water partition coefficient (Wildman–Crippen LogP) is 8.67. The van der Waals surface area contributed by atoms with Crippen LogP contribution in [0, 0.1) is 63.8 Å². The first-order valence-corrected chi connectivity index (χ1v) is 29.7. The predicted molar refractivity (Wildman–Crippen MR) is 298 cm³/mol. The number of methoxy groups -OCH3 is 1. The van der Waals surface area contributed by atoms with Gasteiger partial charge in [-0.25, -0.2) is 4.79 Å². The molecule has 80 heavy (non-hydrogen) atoms. The van der Waals surface area contributed by atoms with E-state index in [-0.39, 0.29) is 80.2 Å². The van der Waals surface area contributed by atoms with E-state index in [0.717, 1.165) is 68.1 Å². The van der Waals surface area contributed by atoms with Crippen LogP contribution in [0.25, 0.3) is 0 Å². The van der Waals surface area contributed by atoms with Gasteiger partial charge in [-0.05, 0) is 177 Å². The molecule has 4 aliphatic carbocycles. The van der Waals surface area contributed by atoms with Crippen LogP contribution in [0.1, 0.15) is 161 Å². The van der Waals surface area contributed by atoms with Gasteiger partial charge in [-0.15, -0.1) is 6.58 Å². The Kier molecular flexibility index (Phi) is 17.6. The van der Waals surface area contributed by atoms with E-state index >= 15 is 0 Å². The first-order valence-electron chi connectivity index (χ1n) is 29.7. The average molecular weight is 1100 g/mol. The van der Waals surface area contributed by atoms with Crippen LogP contribution in [0.2, 0.25) is 0 Å². The highest BCUT2D eigenvalue weighted by molar-refractivity contribution is 5.87. The lowest BCUT2D eigenvalue weighted by Crippen LogP contribution is -2.71. The molecule has 2 aromatic carbocycles. The average Bonchev–Trinajstić information content (AvgIpc) is 4.26. The van der Waals surface area contributed by atoms with E-state index in [4.69, 9.17) is 23.7 Å². The number of nitrogens with zero attached hydrogens (tertiary/aromatic N) is 2. The Morgan fingerprint density at radius 1 is 1.01 bits per heavy atom. The highest BCUT2D eigenvalue weighted by Gasteiger charge is 2.72. The summed E-state index contributed by atoms with van der Waals surface area (Å²) in [6, 6.07) is 16.5. The van der Waals surface area contributed by atoms with E-state index in [9.17, 15) is 45.8 Å². The van der Waals surface area contributed by atoms with Crippen LogP contribution in [0.3, 0.4) is 0 Å². The molecule has 15 heteroatoms. The van der Waals surface area contributed by atoms with Gasteiger partial charge in [-0.2, -0.15) is 5.26 Å². The third kappa shape index (κ3) is 10.8. The molecule has 8 aliphatic rings. The second kappa shape index (κ2) is 24.3. The molecule has 4 aliphatic heterocycles. The zero-order valence-electron chi connectivity index (χ0n) is 46.7. The highest BCUT2D eigenvalue weighted by Crippen LogP contribution is 2.75. The van der Waals surface area contributed by atoms with Crippen LogP contribution < -0.4 is 4.74 Å². The first kappa shape index (κ1) is 58.0. The van der Waals surface area contributed by atoms with E-state index in [0.29, 0.717) is 67.9 Å². The van der Waals surface area contributed by atoms with Crippen LogP contribution in [-0.4, -0.2) is 121 Å². The quantitative estimate of drug-likeness (QED) is 0.0319. The molecule has 3 aromatic rings. The van der Waals surface area contributed by atoms with E-state index in [1.54, 1.807) is 37.7 Å². The monoisotopic (exact) mass is 1100 g/mol. The maximum Gasteiger partial charge on any atom is 0.335 e. The lowest BCUT2D eigenvalue weighted by molar-refractivity contribution is -0.337. The Morgan fingerprint density at radius 2 is 1.84 bits per heavy atom. The molecular weight excluding hydrogens is 1020 g/mol. The number of ether oxygens (including phenoxy) is 5. The van der Waals surface area contributed by atoms with Crippen molar-refractivity contribution in [1.29, 1.82) is 5.26 Å². The molecule has 3 spiro atoms. The third-order valence-corrected chi connectivity index (χ3v) is 20.5. The SMILES string of the molecule is C=CCc1ccc(O[C@H]2O[C@H]3[C@@H](O)[C@H](O)[C@]24C[C@H]([C@H](O)CC#CO[C@H]3CCCO)[C@]2(C=C(CCCCC)O4)CC[C@H]3[C@@](O)(C[C@@H]4[C@H](c5ccc(C(=O)O)cc5)CC[C@@H]5CCC[C@@]543)C2)cc1C[C@H](COC)[C@@H](CO)n1ccc(C#N)c1. The molecule has 17 atom stereocenters. The number of benzene rings is 2. The van der Waals surface area contributed by atoms with Crippen molar-refractivity contribution in [3.05, 3.63) is 113 Å². The van der Waals surface area contributed by atoms with Gasteiger partial charge in [-0.1, -0.05) is 56.4 Å². The fourth-order valence-electron chi connectivity index (χ4n) is 17.1. The minimum absolute atomic E-state index is 0.00306. The summed E-state index contributed by atoms with van der Waals surface area (Å²) >= 11 is 0. The zero-order chi connectivity index (χ0) is 56.4. The van der Waals surface area contributed by atoms with Crippen LogP contribution in [0.15, 0.2) is 85.4 Å². The number of aliphatic hydroxyl groups excluding tert-OH is 5. The Bertz CT molecular complexity index is 2800. The number of aromatic nitrogens is 1. The summed E-state index contributed by atoms with van der Waals surface area (Å²) in [5.41, 5.74) is -0.267. The van der Waals surface area contributed by atoms with Crippen LogP contribution in [0.4, 0.5) is 0 Å². The molecule has 5 heterocycles. The summed E-state index contributed by atoms with van der Waals surface area (Å²) in [7, 11) is 1.62. The molecule has 3 bridgehead atoms. The summed E-state index contributed by atoms with van der Waals surface area (Å²) in [5.74, 6) is 2.91. The number of carboxylic acid groups (broad SMARTS) is 1. The third-order valence-electron chi connectivity index (χ3n) is 20.5. The molecule has 1 saturated heterocycles. The highest BCUT2D eigenvalue weighted by atomic mass is 16.7. The normalized spacial score (nSPS) is 35.9. The number of carboxylic acids is 1. The molecule has 0 radical (unpaired) electrons. The van der Waals surface area contributed by atoms with E-state index in [1.165, 1.54) is 0 Å². The molecule has 4 saturated carbocycles. The van der Waals surface area contributed by atoms with Crippen molar-refractivity contribution in [1.82, 2.24) is 4.57 Å². The largest absolute Gasteiger partial charge is 0.482 e.